The van der Waals surface area contributed by atoms with Crippen molar-refractivity contribution >= 4 is 11.5 Å². The number of carbonyl (C=O) groups excluding carboxylic acids is 1. The zero-order valence-electron chi connectivity index (χ0n) is 10.2. The lowest BCUT2D eigenvalue weighted by Crippen LogP contribution is -2.11. The van der Waals surface area contributed by atoms with Crippen LogP contribution in [0.25, 0.3) is 0 Å². The molecular formula is C14H21NO. The molecule has 0 amide bonds. The Hall–Kier alpha value is -1.31. The highest BCUT2D eigenvalue weighted by Crippen LogP contribution is 2.12. The van der Waals surface area contributed by atoms with Crippen LogP contribution in [0.3, 0.4) is 0 Å². The van der Waals surface area contributed by atoms with Crippen LogP contribution in [0.5, 0.6) is 0 Å². The summed E-state index contributed by atoms with van der Waals surface area (Å²) in [5.41, 5.74) is 7.56. The Bertz CT molecular complexity index is 329. The number of rotatable bonds is 6. The molecule has 0 saturated heterocycles. The van der Waals surface area contributed by atoms with E-state index in [4.69, 9.17) is 5.73 Å². The number of carbonyl (C=O) groups is 1. The molecule has 1 rings (SSSR count). The van der Waals surface area contributed by atoms with E-state index in [0.29, 0.717) is 12.2 Å². The van der Waals surface area contributed by atoms with Crippen LogP contribution < -0.4 is 5.73 Å². The van der Waals surface area contributed by atoms with Gasteiger partial charge in [-0.25, -0.2) is 0 Å². The highest BCUT2D eigenvalue weighted by Gasteiger charge is 2.11. The minimum absolute atomic E-state index is 0.207. The molecule has 0 heterocycles. The molecule has 1 atom stereocenters. The molecule has 0 spiro atoms. The summed E-state index contributed by atoms with van der Waals surface area (Å²) in [6, 6.07) is 7.75. The topological polar surface area (TPSA) is 43.1 Å². The van der Waals surface area contributed by atoms with E-state index >= 15 is 0 Å². The molecule has 1 aromatic rings. The predicted molar refractivity (Wildman–Crippen MR) is 68.3 cm³/mol. The number of Topliss-reactive ketones (excluding diaryl/α,β-unsaturated/α-hetero) is 1. The molecule has 0 saturated carbocycles. The molecule has 2 N–H and O–H groups in total. The zero-order chi connectivity index (χ0) is 12.0. The van der Waals surface area contributed by atoms with E-state index in [1.54, 1.807) is 0 Å². The van der Waals surface area contributed by atoms with Gasteiger partial charge in [0, 0.05) is 18.0 Å². The van der Waals surface area contributed by atoms with Gasteiger partial charge in [0.1, 0.15) is 5.78 Å². The number of ketones is 1. The summed E-state index contributed by atoms with van der Waals surface area (Å²) >= 11 is 0. The molecule has 0 aliphatic carbocycles. The normalized spacial score (nSPS) is 12.4. The first-order valence-electron chi connectivity index (χ1n) is 6.00. The molecule has 0 radical (unpaired) electrons. The van der Waals surface area contributed by atoms with Gasteiger partial charge in [0.05, 0.1) is 0 Å². The fourth-order valence-corrected chi connectivity index (χ4v) is 1.79. The van der Waals surface area contributed by atoms with Gasteiger partial charge in [-0.05, 0) is 30.5 Å². The Labute approximate surface area is 97.9 Å². The summed E-state index contributed by atoms with van der Waals surface area (Å²) < 4.78 is 0. The maximum atomic E-state index is 11.7. The van der Waals surface area contributed by atoms with Crippen LogP contribution in [0, 0.1) is 5.92 Å². The quantitative estimate of drug-likeness (QED) is 0.746. The fraction of sp³-hybridized carbons (Fsp3) is 0.500. The molecule has 0 aromatic heterocycles. The van der Waals surface area contributed by atoms with Gasteiger partial charge in [-0.2, -0.15) is 0 Å². The largest absolute Gasteiger partial charge is 0.399 e. The second-order valence-corrected chi connectivity index (χ2v) is 4.40. The summed E-state index contributed by atoms with van der Waals surface area (Å²) in [7, 11) is 0. The van der Waals surface area contributed by atoms with E-state index in [9.17, 15) is 4.79 Å². The molecule has 1 unspecified atom stereocenters. The number of anilines is 1. The molecule has 0 fully saturated rings. The van der Waals surface area contributed by atoms with Crippen molar-refractivity contribution in [1.29, 1.82) is 0 Å². The highest BCUT2D eigenvalue weighted by atomic mass is 16.1. The monoisotopic (exact) mass is 219 g/mol. The third kappa shape index (κ3) is 4.05. The van der Waals surface area contributed by atoms with Crippen molar-refractivity contribution in [3.63, 3.8) is 0 Å². The first kappa shape index (κ1) is 12.8. The maximum absolute atomic E-state index is 11.7. The van der Waals surface area contributed by atoms with Gasteiger partial charge in [0.2, 0.25) is 0 Å². The fourth-order valence-electron chi connectivity index (χ4n) is 1.79. The third-order valence-corrected chi connectivity index (χ3v) is 2.91. The molecule has 1 aromatic carbocycles. The van der Waals surface area contributed by atoms with Crippen LogP contribution in [0.2, 0.25) is 0 Å². The molecule has 0 bridgehead atoms. The van der Waals surface area contributed by atoms with E-state index in [1.807, 2.05) is 31.2 Å². The van der Waals surface area contributed by atoms with Crippen LogP contribution >= 0.6 is 0 Å². The number of hydrogen-bond acceptors (Lipinski definition) is 2. The maximum Gasteiger partial charge on any atom is 0.136 e. The van der Waals surface area contributed by atoms with Crippen molar-refractivity contribution in [3.05, 3.63) is 29.8 Å². The first-order chi connectivity index (χ1) is 7.63. The Balaban J connectivity index is 2.39. The van der Waals surface area contributed by atoms with Crippen LogP contribution in [0.1, 0.15) is 38.7 Å². The second kappa shape index (κ2) is 6.31. The van der Waals surface area contributed by atoms with E-state index in [2.05, 4.69) is 6.92 Å². The first-order valence-corrected chi connectivity index (χ1v) is 6.00. The lowest BCUT2D eigenvalue weighted by Gasteiger charge is -2.08. The molecule has 88 valence electrons. The molecule has 0 aliphatic heterocycles. The van der Waals surface area contributed by atoms with Gasteiger partial charge >= 0.3 is 0 Å². The standard InChI is InChI=1S/C14H21NO/c1-3-4-11(2)14(16)10-7-12-5-8-13(15)9-6-12/h5-6,8-9,11H,3-4,7,10,15H2,1-2H3. The number of benzene rings is 1. The van der Waals surface area contributed by atoms with Crippen molar-refractivity contribution in [2.45, 2.75) is 39.5 Å². The van der Waals surface area contributed by atoms with Crippen molar-refractivity contribution < 1.29 is 4.79 Å². The van der Waals surface area contributed by atoms with Gasteiger partial charge in [0.25, 0.3) is 0 Å². The molecule has 2 heteroatoms. The smallest absolute Gasteiger partial charge is 0.136 e. The van der Waals surface area contributed by atoms with E-state index < -0.39 is 0 Å². The molecule has 16 heavy (non-hydrogen) atoms. The Kier molecular flexibility index (Phi) is 5.03. The minimum Gasteiger partial charge on any atom is -0.399 e. The SMILES string of the molecule is CCCC(C)C(=O)CCc1ccc(N)cc1. The zero-order valence-corrected chi connectivity index (χ0v) is 10.2. The van der Waals surface area contributed by atoms with Gasteiger partial charge < -0.3 is 5.73 Å². The Morgan fingerprint density at radius 2 is 1.94 bits per heavy atom. The summed E-state index contributed by atoms with van der Waals surface area (Å²) in [4.78, 5) is 11.7. The summed E-state index contributed by atoms with van der Waals surface area (Å²) in [6.45, 7) is 4.14. The van der Waals surface area contributed by atoms with Gasteiger partial charge in [0.15, 0.2) is 0 Å². The van der Waals surface area contributed by atoms with Crippen molar-refractivity contribution in [1.82, 2.24) is 0 Å². The van der Waals surface area contributed by atoms with E-state index in [1.165, 1.54) is 5.56 Å². The van der Waals surface area contributed by atoms with Crippen LogP contribution in [0.4, 0.5) is 5.69 Å². The lowest BCUT2D eigenvalue weighted by atomic mass is 9.96. The van der Waals surface area contributed by atoms with Crippen molar-refractivity contribution in [2.24, 2.45) is 5.92 Å². The number of hydrogen-bond donors (Lipinski definition) is 1. The van der Waals surface area contributed by atoms with Gasteiger partial charge in [-0.1, -0.05) is 32.4 Å². The average Bonchev–Trinajstić information content (AvgIpc) is 2.28. The van der Waals surface area contributed by atoms with Crippen molar-refractivity contribution in [3.8, 4) is 0 Å². The third-order valence-electron chi connectivity index (χ3n) is 2.91. The highest BCUT2D eigenvalue weighted by molar-refractivity contribution is 5.80. The predicted octanol–water partition coefficient (Wildman–Crippen LogP) is 3.21. The van der Waals surface area contributed by atoms with Gasteiger partial charge in [-0.3, -0.25) is 4.79 Å². The number of aryl methyl sites for hydroxylation is 1. The van der Waals surface area contributed by atoms with E-state index in [-0.39, 0.29) is 5.92 Å². The number of nitrogens with two attached hydrogens (primary N) is 1. The molecule has 2 nitrogen and oxygen atoms in total. The Morgan fingerprint density at radius 1 is 1.31 bits per heavy atom. The molecule has 0 aliphatic rings. The molecular weight excluding hydrogens is 198 g/mol. The van der Waals surface area contributed by atoms with E-state index in [0.717, 1.165) is 24.9 Å². The summed E-state index contributed by atoms with van der Waals surface area (Å²) in [5, 5.41) is 0. The summed E-state index contributed by atoms with van der Waals surface area (Å²) in [5.74, 6) is 0.581. The van der Waals surface area contributed by atoms with Crippen LogP contribution in [-0.2, 0) is 11.2 Å². The van der Waals surface area contributed by atoms with Crippen LogP contribution in [0.15, 0.2) is 24.3 Å². The average molecular weight is 219 g/mol. The van der Waals surface area contributed by atoms with Crippen molar-refractivity contribution in [2.75, 3.05) is 5.73 Å². The lowest BCUT2D eigenvalue weighted by molar-refractivity contribution is -0.122. The van der Waals surface area contributed by atoms with Crippen LogP contribution in [-0.4, -0.2) is 5.78 Å². The summed E-state index contributed by atoms with van der Waals surface area (Å²) in [6.07, 6.45) is 3.55. The van der Waals surface area contributed by atoms with Gasteiger partial charge in [-0.15, -0.1) is 0 Å². The Morgan fingerprint density at radius 3 is 2.50 bits per heavy atom. The number of nitrogen functional groups attached to an aromatic ring is 1. The minimum atomic E-state index is 0.207. The second-order valence-electron chi connectivity index (χ2n) is 4.40.